The van der Waals surface area contributed by atoms with E-state index in [0.717, 1.165) is 5.57 Å². The third kappa shape index (κ3) is 1.69. The average Bonchev–Trinajstić information content (AvgIpc) is 2.93. The lowest BCUT2D eigenvalue weighted by Crippen LogP contribution is -2.18. The van der Waals surface area contributed by atoms with E-state index in [1.54, 1.807) is 17.0 Å². The van der Waals surface area contributed by atoms with Crippen molar-refractivity contribution in [1.82, 2.24) is 19.5 Å². The van der Waals surface area contributed by atoms with E-state index in [1.165, 1.54) is 6.33 Å². The maximum Gasteiger partial charge on any atom is 0.165 e. The quantitative estimate of drug-likeness (QED) is 0.618. The van der Waals surface area contributed by atoms with Crippen LogP contribution in [0.25, 0.3) is 11.2 Å². The third-order valence-electron chi connectivity index (χ3n) is 3.15. The van der Waals surface area contributed by atoms with Crippen LogP contribution < -0.4 is 0 Å². The minimum atomic E-state index is -0.654. The van der Waals surface area contributed by atoms with Gasteiger partial charge in [-0.2, -0.15) is 0 Å². The molecule has 94 valence electrons. The molecule has 1 aliphatic rings. The van der Waals surface area contributed by atoms with Crippen LogP contribution in [0.4, 0.5) is 0 Å². The molecule has 0 aliphatic heterocycles. The fourth-order valence-corrected chi connectivity index (χ4v) is 2.43. The van der Waals surface area contributed by atoms with Crippen molar-refractivity contribution in [1.29, 1.82) is 0 Å². The van der Waals surface area contributed by atoms with Crippen molar-refractivity contribution < 1.29 is 10.2 Å². The molecule has 0 amide bonds. The molecule has 0 aromatic carbocycles. The molecule has 0 saturated heterocycles. The number of nitrogens with zero attached hydrogens (tertiary/aromatic N) is 4. The van der Waals surface area contributed by atoms with Crippen LogP contribution in [0.3, 0.4) is 0 Å². The topological polar surface area (TPSA) is 84.1 Å². The number of aliphatic hydroxyl groups is 2. The van der Waals surface area contributed by atoms with E-state index in [4.69, 9.17) is 16.7 Å². The molecule has 0 unspecified atom stereocenters. The summed E-state index contributed by atoms with van der Waals surface area (Å²) in [6.45, 7) is -0.0457. The van der Waals surface area contributed by atoms with E-state index >= 15 is 0 Å². The number of fused-ring (bicyclic) bond motifs is 1. The van der Waals surface area contributed by atoms with Crippen LogP contribution in [0.5, 0.6) is 0 Å². The molecule has 2 atom stereocenters. The highest BCUT2D eigenvalue weighted by Crippen LogP contribution is 2.32. The van der Waals surface area contributed by atoms with Gasteiger partial charge in [0.2, 0.25) is 0 Å². The number of rotatable bonds is 2. The molecule has 7 heteroatoms. The van der Waals surface area contributed by atoms with Crippen LogP contribution in [0.2, 0.25) is 5.15 Å². The van der Waals surface area contributed by atoms with Gasteiger partial charge in [-0.15, -0.1) is 0 Å². The van der Waals surface area contributed by atoms with Gasteiger partial charge in [-0.3, -0.25) is 0 Å². The standard InChI is InChI=1S/C11H11ClN4O2/c12-10-9-11(14-4-13-10)16(5-15-9)7-1-6(3-17)2-8(7)18/h2,4-5,7-8,17-18H,1,3H2/t7-,8+/m1/s1. The maximum absolute atomic E-state index is 9.98. The van der Waals surface area contributed by atoms with Crippen LogP contribution >= 0.6 is 11.6 Å². The molecular weight excluding hydrogens is 256 g/mol. The van der Waals surface area contributed by atoms with Crippen molar-refractivity contribution in [3.05, 3.63) is 29.5 Å². The van der Waals surface area contributed by atoms with Gasteiger partial charge in [0.05, 0.1) is 25.1 Å². The molecule has 0 fully saturated rings. The number of halogens is 1. The summed E-state index contributed by atoms with van der Waals surface area (Å²) in [6.07, 6.45) is 4.54. The van der Waals surface area contributed by atoms with Crippen molar-refractivity contribution in [3.63, 3.8) is 0 Å². The summed E-state index contributed by atoms with van der Waals surface area (Å²) < 4.78 is 1.77. The Morgan fingerprint density at radius 1 is 1.39 bits per heavy atom. The Morgan fingerprint density at radius 2 is 2.22 bits per heavy atom. The molecule has 0 bridgehead atoms. The Hall–Kier alpha value is -1.50. The summed E-state index contributed by atoms with van der Waals surface area (Å²) in [4.78, 5) is 12.2. The molecule has 0 radical (unpaired) electrons. The first-order valence-corrected chi connectivity index (χ1v) is 5.90. The van der Waals surface area contributed by atoms with Crippen molar-refractivity contribution in [2.45, 2.75) is 18.6 Å². The number of aliphatic hydroxyl groups excluding tert-OH is 2. The SMILES string of the molecule is OCC1=C[C@H](O)[C@H](n2cnc3c(Cl)ncnc32)C1. The monoisotopic (exact) mass is 266 g/mol. The number of imidazole rings is 1. The summed E-state index contributed by atoms with van der Waals surface area (Å²) in [5, 5.41) is 19.4. The number of hydrogen-bond donors (Lipinski definition) is 2. The lowest BCUT2D eigenvalue weighted by Gasteiger charge is -2.16. The van der Waals surface area contributed by atoms with E-state index in [-0.39, 0.29) is 12.6 Å². The van der Waals surface area contributed by atoms with Gasteiger partial charge in [-0.1, -0.05) is 17.7 Å². The molecule has 18 heavy (non-hydrogen) atoms. The van der Waals surface area contributed by atoms with E-state index in [1.807, 2.05) is 0 Å². The number of aromatic nitrogens is 4. The normalized spacial score (nSPS) is 23.6. The summed E-state index contributed by atoms with van der Waals surface area (Å²) in [5.41, 5.74) is 1.92. The van der Waals surface area contributed by atoms with Crippen molar-refractivity contribution >= 4 is 22.8 Å². The second-order valence-electron chi connectivity index (χ2n) is 4.23. The second-order valence-corrected chi connectivity index (χ2v) is 4.59. The Bertz CT molecular complexity index is 625. The highest BCUT2D eigenvalue weighted by molar-refractivity contribution is 6.33. The largest absolute Gasteiger partial charge is 0.392 e. The molecule has 2 N–H and O–H groups in total. The van der Waals surface area contributed by atoms with Crippen molar-refractivity contribution in [2.75, 3.05) is 6.61 Å². The Morgan fingerprint density at radius 3 is 2.94 bits per heavy atom. The maximum atomic E-state index is 9.98. The predicted molar refractivity (Wildman–Crippen MR) is 65.2 cm³/mol. The van der Waals surface area contributed by atoms with Gasteiger partial charge < -0.3 is 14.8 Å². The predicted octanol–water partition coefficient (Wildman–Crippen LogP) is 0.704. The van der Waals surface area contributed by atoms with Crippen LogP contribution in [-0.4, -0.2) is 42.4 Å². The average molecular weight is 267 g/mol. The van der Waals surface area contributed by atoms with Gasteiger partial charge in [0.15, 0.2) is 10.8 Å². The van der Waals surface area contributed by atoms with Crippen LogP contribution in [0.1, 0.15) is 12.5 Å². The summed E-state index contributed by atoms with van der Waals surface area (Å²) in [7, 11) is 0. The summed E-state index contributed by atoms with van der Waals surface area (Å²) >= 11 is 5.93. The minimum absolute atomic E-state index is 0.0457. The third-order valence-corrected chi connectivity index (χ3v) is 3.42. The van der Waals surface area contributed by atoms with E-state index in [2.05, 4.69) is 15.0 Å². The first-order valence-electron chi connectivity index (χ1n) is 5.52. The van der Waals surface area contributed by atoms with Crippen LogP contribution in [0, 0.1) is 0 Å². The van der Waals surface area contributed by atoms with E-state index in [9.17, 15) is 5.11 Å². The molecule has 2 heterocycles. The molecule has 3 rings (SSSR count). The smallest absolute Gasteiger partial charge is 0.165 e. The lowest BCUT2D eigenvalue weighted by molar-refractivity contribution is 0.169. The van der Waals surface area contributed by atoms with Gasteiger partial charge in [0.1, 0.15) is 11.8 Å². The first kappa shape index (κ1) is 11.6. The molecule has 0 saturated carbocycles. The fourth-order valence-electron chi connectivity index (χ4n) is 2.26. The molecule has 2 aromatic heterocycles. The second kappa shape index (κ2) is 4.31. The Balaban J connectivity index is 2.04. The van der Waals surface area contributed by atoms with Crippen LogP contribution in [0.15, 0.2) is 24.3 Å². The molecule has 6 nitrogen and oxygen atoms in total. The van der Waals surface area contributed by atoms with Crippen molar-refractivity contribution in [3.8, 4) is 0 Å². The highest BCUT2D eigenvalue weighted by Gasteiger charge is 2.28. The van der Waals surface area contributed by atoms with Gasteiger partial charge in [0, 0.05) is 0 Å². The Kier molecular flexibility index (Phi) is 2.77. The van der Waals surface area contributed by atoms with Gasteiger partial charge in [-0.25, -0.2) is 15.0 Å². The van der Waals surface area contributed by atoms with Gasteiger partial charge in [0.25, 0.3) is 0 Å². The van der Waals surface area contributed by atoms with E-state index < -0.39 is 6.10 Å². The van der Waals surface area contributed by atoms with Crippen molar-refractivity contribution in [2.24, 2.45) is 0 Å². The molecule has 2 aromatic rings. The fraction of sp³-hybridized carbons (Fsp3) is 0.364. The Labute approximate surface area is 108 Å². The van der Waals surface area contributed by atoms with Gasteiger partial charge in [-0.05, 0) is 12.0 Å². The molecule has 0 spiro atoms. The zero-order valence-electron chi connectivity index (χ0n) is 9.36. The summed E-state index contributed by atoms with van der Waals surface area (Å²) in [5.74, 6) is 0. The molecular formula is C11H11ClN4O2. The summed E-state index contributed by atoms with van der Waals surface area (Å²) in [6, 6.07) is -0.205. The van der Waals surface area contributed by atoms with Gasteiger partial charge >= 0.3 is 0 Å². The zero-order chi connectivity index (χ0) is 12.7. The lowest BCUT2D eigenvalue weighted by atomic mass is 10.1. The first-order chi connectivity index (χ1) is 8.70. The van der Waals surface area contributed by atoms with Crippen LogP contribution in [-0.2, 0) is 0 Å². The highest BCUT2D eigenvalue weighted by atomic mass is 35.5. The van der Waals surface area contributed by atoms with E-state index in [0.29, 0.717) is 22.7 Å². The zero-order valence-corrected chi connectivity index (χ0v) is 10.1. The minimum Gasteiger partial charge on any atom is -0.392 e. The molecule has 1 aliphatic carbocycles. The number of hydrogen-bond acceptors (Lipinski definition) is 5.